The van der Waals surface area contributed by atoms with Crippen LogP contribution < -0.4 is 0 Å². The Kier molecular flexibility index (Phi) is 4.31. The molecule has 2 aromatic rings. The van der Waals surface area contributed by atoms with Gasteiger partial charge in [-0.15, -0.1) is 11.3 Å². The first kappa shape index (κ1) is 14.6. The largest absolute Gasteiger partial charge is 0.338 e. The van der Waals surface area contributed by atoms with Crippen LogP contribution in [0.25, 0.3) is 0 Å². The van der Waals surface area contributed by atoms with Crippen LogP contribution in [0.3, 0.4) is 0 Å². The number of aromatic nitrogens is 1. The second kappa shape index (κ2) is 6.20. The Labute approximate surface area is 133 Å². The second-order valence-electron chi connectivity index (χ2n) is 5.20. The van der Waals surface area contributed by atoms with E-state index in [4.69, 9.17) is 0 Å². The van der Waals surface area contributed by atoms with Crippen LogP contribution in [0.1, 0.15) is 21.7 Å². The van der Waals surface area contributed by atoms with Gasteiger partial charge in [-0.25, -0.2) is 4.98 Å². The fraction of sp³-hybridized carbons (Fsp3) is 0.375. The number of thioether (sulfide) groups is 1. The van der Waals surface area contributed by atoms with Gasteiger partial charge in [0.15, 0.2) is 0 Å². The van der Waals surface area contributed by atoms with E-state index < -0.39 is 0 Å². The van der Waals surface area contributed by atoms with E-state index in [1.807, 2.05) is 24.1 Å². The molecule has 5 heteroatoms. The number of nitrogens with zero attached hydrogens (tertiary/aromatic N) is 2. The summed E-state index contributed by atoms with van der Waals surface area (Å²) < 4.78 is 1.04. The lowest BCUT2D eigenvalue weighted by atomic mass is 10.00. The molecule has 0 saturated carbocycles. The van der Waals surface area contributed by atoms with Crippen LogP contribution in [0.15, 0.2) is 28.6 Å². The zero-order chi connectivity index (χ0) is 14.8. The van der Waals surface area contributed by atoms with E-state index in [0.29, 0.717) is 6.42 Å². The fourth-order valence-corrected chi connectivity index (χ4v) is 4.26. The van der Waals surface area contributed by atoms with Gasteiger partial charge >= 0.3 is 0 Å². The number of hydrogen-bond acceptors (Lipinski definition) is 4. The molecule has 0 unspecified atom stereocenters. The van der Waals surface area contributed by atoms with Crippen molar-refractivity contribution in [3.63, 3.8) is 0 Å². The smallest absolute Gasteiger partial charge is 0.228 e. The van der Waals surface area contributed by atoms with Gasteiger partial charge in [0.1, 0.15) is 4.34 Å². The molecule has 0 bridgehead atoms. The molecule has 1 aliphatic heterocycles. The highest BCUT2D eigenvalue weighted by Gasteiger charge is 2.21. The molecule has 1 aromatic carbocycles. The summed E-state index contributed by atoms with van der Waals surface area (Å²) in [6.07, 6.45) is 3.46. The van der Waals surface area contributed by atoms with E-state index in [1.165, 1.54) is 11.1 Å². The highest BCUT2D eigenvalue weighted by Crippen LogP contribution is 2.27. The van der Waals surface area contributed by atoms with Gasteiger partial charge < -0.3 is 4.90 Å². The highest BCUT2D eigenvalue weighted by atomic mass is 32.2. The number of benzene rings is 1. The summed E-state index contributed by atoms with van der Waals surface area (Å²) in [5.41, 5.74) is 3.65. The first-order chi connectivity index (χ1) is 10.2. The van der Waals surface area contributed by atoms with E-state index in [2.05, 4.69) is 23.2 Å². The first-order valence-corrected chi connectivity index (χ1v) is 9.06. The van der Waals surface area contributed by atoms with Gasteiger partial charge in [0.25, 0.3) is 0 Å². The average Bonchev–Trinajstić information content (AvgIpc) is 2.87. The minimum atomic E-state index is 0.212. The quantitative estimate of drug-likeness (QED) is 0.814. The van der Waals surface area contributed by atoms with Crippen molar-refractivity contribution >= 4 is 29.0 Å². The standard InChI is InChI=1S/C16H18N2OS2/c1-11-14(21-16(17-11)20-2)9-15(19)18-8-7-12-5-3-4-6-13(12)10-18/h3-6H,7-10H2,1-2H3. The molecule has 3 rings (SSSR count). The molecule has 0 spiro atoms. The predicted molar refractivity (Wildman–Crippen MR) is 87.9 cm³/mol. The van der Waals surface area contributed by atoms with Gasteiger partial charge in [-0.05, 0) is 30.7 Å². The molecule has 0 atom stereocenters. The zero-order valence-corrected chi connectivity index (χ0v) is 13.9. The van der Waals surface area contributed by atoms with Gasteiger partial charge in [0, 0.05) is 18.0 Å². The molecular formula is C16H18N2OS2. The van der Waals surface area contributed by atoms with Crippen molar-refractivity contribution in [1.82, 2.24) is 9.88 Å². The van der Waals surface area contributed by atoms with Crippen LogP contribution in [0.2, 0.25) is 0 Å². The summed E-state index contributed by atoms with van der Waals surface area (Å²) in [5, 5.41) is 0. The molecule has 0 aliphatic carbocycles. The summed E-state index contributed by atoms with van der Waals surface area (Å²) in [7, 11) is 0. The molecule has 1 aromatic heterocycles. The molecule has 21 heavy (non-hydrogen) atoms. The minimum absolute atomic E-state index is 0.212. The molecular weight excluding hydrogens is 300 g/mol. The third-order valence-corrected chi connectivity index (χ3v) is 5.99. The Morgan fingerprint density at radius 2 is 2.14 bits per heavy atom. The van der Waals surface area contributed by atoms with Gasteiger partial charge in [-0.3, -0.25) is 4.79 Å². The molecule has 2 heterocycles. The van der Waals surface area contributed by atoms with Crippen molar-refractivity contribution in [1.29, 1.82) is 0 Å². The summed E-state index contributed by atoms with van der Waals surface area (Å²) in [5.74, 6) is 0.212. The van der Waals surface area contributed by atoms with Crippen molar-refractivity contribution in [3.05, 3.63) is 46.0 Å². The van der Waals surface area contributed by atoms with E-state index in [0.717, 1.165) is 34.4 Å². The zero-order valence-electron chi connectivity index (χ0n) is 12.3. The Bertz CT molecular complexity index is 666. The van der Waals surface area contributed by atoms with Crippen LogP contribution in [-0.2, 0) is 24.2 Å². The number of aryl methyl sites for hydroxylation is 1. The summed E-state index contributed by atoms with van der Waals surface area (Å²) in [6, 6.07) is 8.40. The summed E-state index contributed by atoms with van der Waals surface area (Å²) in [4.78, 5) is 20.1. The van der Waals surface area contributed by atoms with Crippen molar-refractivity contribution in [2.24, 2.45) is 0 Å². The third-order valence-electron chi connectivity index (χ3n) is 3.84. The van der Waals surface area contributed by atoms with E-state index in [1.54, 1.807) is 23.1 Å². The van der Waals surface area contributed by atoms with Crippen LogP contribution in [0.4, 0.5) is 0 Å². The lowest BCUT2D eigenvalue weighted by molar-refractivity contribution is -0.131. The van der Waals surface area contributed by atoms with Crippen LogP contribution in [0.5, 0.6) is 0 Å². The van der Waals surface area contributed by atoms with Crippen molar-refractivity contribution in [2.45, 2.75) is 30.6 Å². The third kappa shape index (κ3) is 3.14. The van der Waals surface area contributed by atoms with Crippen LogP contribution in [-0.4, -0.2) is 28.6 Å². The number of rotatable bonds is 3. The monoisotopic (exact) mass is 318 g/mol. The van der Waals surface area contributed by atoms with Crippen LogP contribution in [0, 0.1) is 6.92 Å². The second-order valence-corrected chi connectivity index (χ2v) is 7.34. The molecule has 3 nitrogen and oxygen atoms in total. The van der Waals surface area contributed by atoms with Gasteiger partial charge in [-0.2, -0.15) is 0 Å². The normalized spacial score (nSPS) is 14.1. The van der Waals surface area contributed by atoms with Gasteiger partial charge in [0.05, 0.1) is 12.1 Å². The SMILES string of the molecule is CSc1nc(C)c(CC(=O)N2CCc3ccccc3C2)s1. The number of fused-ring (bicyclic) bond motifs is 1. The number of carbonyl (C=O) groups excluding carboxylic acids is 1. The average molecular weight is 318 g/mol. The molecule has 1 amide bonds. The van der Waals surface area contributed by atoms with Crippen molar-refractivity contribution < 1.29 is 4.79 Å². The number of amides is 1. The number of thiazole rings is 1. The van der Waals surface area contributed by atoms with Gasteiger partial charge in [-0.1, -0.05) is 36.0 Å². The Morgan fingerprint density at radius 1 is 1.38 bits per heavy atom. The molecule has 0 fully saturated rings. The molecule has 0 saturated heterocycles. The maximum atomic E-state index is 12.5. The fourth-order valence-electron chi connectivity index (χ4n) is 2.61. The number of hydrogen-bond donors (Lipinski definition) is 0. The lowest BCUT2D eigenvalue weighted by Gasteiger charge is -2.28. The maximum absolute atomic E-state index is 12.5. The minimum Gasteiger partial charge on any atom is -0.338 e. The topological polar surface area (TPSA) is 33.2 Å². The van der Waals surface area contributed by atoms with E-state index >= 15 is 0 Å². The van der Waals surface area contributed by atoms with Crippen molar-refractivity contribution in [2.75, 3.05) is 12.8 Å². The van der Waals surface area contributed by atoms with E-state index in [-0.39, 0.29) is 5.91 Å². The summed E-state index contributed by atoms with van der Waals surface area (Å²) in [6.45, 7) is 3.55. The Balaban J connectivity index is 1.70. The lowest BCUT2D eigenvalue weighted by Crippen LogP contribution is -2.36. The van der Waals surface area contributed by atoms with Gasteiger partial charge in [0.2, 0.25) is 5.91 Å². The van der Waals surface area contributed by atoms with Crippen molar-refractivity contribution in [3.8, 4) is 0 Å². The first-order valence-electron chi connectivity index (χ1n) is 7.02. The Morgan fingerprint density at radius 3 is 2.86 bits per heavy atom. The maximum Gasteiger partial charge on any atom is 0.228 e. The molecule has 0 radical (unpaired) electrons. The molecule has 110 valence electrons. The molecule has 0 N–H and O–H groups in total. The Hall–Kier alpha value is -1.33. The molecule has 1 aliphatic rings. The summed E-state index contributed by atoms with van der Waals surface area (Å²) >= 11 is 3.28. The highest BCUT2D eigenvalue weighted by molar-refractivity contribution is 8.00. The number of carbonyl (C=O) groups is 1. The predicted octanol–water partition coefficient (Wildman–Crippen LogP) is 3.30. The van der Waals surface area contributed by atoms with E-state index in [9.17, 15) is 4.79 Å². The van der Waals surface area contributed by atoms with Crippen LogP contribution >= 0.6 is 23.1 Å².